The normalized spacial score (nSPS) is 20.4. The first kappa shape index (κ1) is 26.2. The highest BCUT2D eigenvalue weighted by molar-refractivity contribution is 5.98. The molecule has 3 saturated carbocycles. The van der Waals surface area contributed by atoms with Gasteiger partial charge in [0.2, 0.25) is 0 Å². The van der Waals surface area contributed by atoms with E-state index in [4.69, 9.17) is 15.3 Å². The molecule has 1 aromatic rings. The topological polar surface area (TPSA) is 115 Å². The van der Waals surface area contributed by atoms with E-state index in [1.807, 2.05) is 0 Å². The number of carbonyl (C=O) groups is 3. The largest absolute Gasteiger partial charge is 0.478 e. The van der Waals surface area contributed by atoms with Crippen molar-refractivity contribution in [1.29, 1.82) is 0 Å². The van der Waals surface area contributed by atoms with Crippen LogP contribution in [0.5, 0.6) is 0 Å². The average Bonchev–Trinajstić information content (AvgIpc) is 2.86. The molecule has 0 atom stereocenters. The van der Waals surface area contributed by atoms with Crippen LogP contribution in [0.15, 0.2) is 18.2 Å². The summed E-state index contributed by atoms with van der Waals surface area (Å²) in [6.07, 6.45) is 22.5. The van der Waals surface area contributed by atoms with Gasteiger partial charge in [-0.05, 0) is 56.7 Å². The molecule has 4 rings (SSSR count). The minimum absolute atomic E-state index is 0.368. The fourth-order valence-corrected chi connectivity index (χ4v) is 6.03. The van der Waals surface area contributed by atoms with Gasteiger partial charge in [0.1, 0.15) is 0 Å². The SMILES string of the molecule is C1CCC(N(C2CCCCC2)C2CCCCC2)CC1.O=C(O)c1cc(C(=O)O)cc(C(=O)O)c1. The van der Waals surface area contributed by atoms with Gasteiger partial charge >= 0.3 is 17.9 Å². The van der Waals surface area contributed by atoms with E-state index >= 15 is 0 Å². The number of nitrogens with zero attached hydrogens (tertiary/aromatic N) is 1. The van der Waals surface area contributed by atoms with Crippen LogP contribution in [0.1, 0.15) is 127 Å². The highest BCUT2D eigenvalue weighted by Gasteiger charge is 2.34. The van der Waals surface area contributed by atoms with Crippen LogP contribution in [0.4, 0.5) is 0 Å². The van der Waals surface area contributed by atoms with Crippen molar-refractivity contribution < 1.29 is 29.7 Å². The molecular formula is C27H39NO6. The van der Waals surface area contributed by atoms with Crippen molar-refractivity contribution in [2.24, 2.45) is 0 Å². The second-order valence-corrected chi connectivity index (χ2v) is 10.0. The zero-order chi connectivity index (χ0) is 24.5. The lowest BCUT2D eigenvalue weighted by Crippen LogP contribution is -2.51. The van der Waals surface area contributed by atoms with E-state index in [-0.39, 0.29) is 16.7 Å². The molecule has 0 bridgehead atoms. The molecule has 0 amide bonds. The van der Waals surface area contributed by atoms with Gasteiger partial charge in [-0.15, -0.1) is 0 Å². The number of aromatic carboxylic acids is 3. The van der Waals surface area contributed by atoms with E-state index in [2.05, 4.69) is 4.90 Å². The first-order valence-electron chi connectivity index (χ1n) is 13.0. The molecular weight excluding hydrogens is 434 g/mol. The van der Waals surface area contributed by atoms with E-state index in [0.29, 0.717) is 0 Å². The molecule has 3 aliphatic rings. The minimum atomic E-state index is -1.37. The summed E-state index contributed by atoms with van der Waals surface area (Å²) in [5.41, 5.74) is -1.10. The Kier molecular flexibility index (Phi) is 9.93. The van der Waals surface area contributed by atoms with Gasteiger partial charge in [0.15, 0.2) is 0 Å². The zero-order valence-electron chi connectivity index (χ0n) is 20.1. The number of hydrogen-bond acceptors (Lipinski definition) is 4. The molecule has 3 N–H and O–H groups in total. The fraction of sp³-hybridized carbons (Fsp3) is 0.667. The third-order valence-electron chi connectivity index (χ3n) is 7.66. The third kappa shape index (κ3) is 7.29. The van der Waals surface area contributed by atoms with E-state index in [1.165, 1.54) is 96.3 Å². The van der Waals surface area contributed by atoms with Crippen molar-refractivity contribution in [3.05, 3.63) is 34.9 Å². The molecule has 0 spiro atoms. The third-order valence-corrected chi connectivity index (χ3v) is 7.66. The summed E-state index contributed by atoms with van der Waals surface area (Å²) >= 11 is 0. The summed E-state index contributed by atoms with van der Waals surface area (Å²) in [5, 5.41) is 25.8. The number of rotatable bonds is 6. The first-order valence-corrected chi connectivity index (χ1v) is 13.0. The van der Waals surface area contributed by atoms with Crippen molar-refractivity contribution in [2.45, 2.75) is 114 Å². The molecule has 0 unspecified atom stereocenters. The quantitative estimate of drug-likeness (QED) is 0.459. The molecule has 0 heterocycles. The van der Waals surface area contributed by atoms with E-state index in [9.17, 15) is 14.4 Å². The first-order chi connectivity index (χ1) is 16.4. The maximum Gasteiger partial charge on any atom is 0.335 e. The van der Waals surface area contributed by atoms with Gasteiger partial charge in [0.25, 0.3) is 0 Å². The molecule has 7 nitrogen and oxygen atoms in total. The van der Waals surface area contributed by atoms with E-state index in [1.54, 1.807) is 0 Å². The molecule has 0 radical (unpaired) electrons. The average molecular weight is 474 g/mol. The summed E-state index contributed by atoms with van der Waals surface area (Å²) < 4.78 is 0. The van der Waals surface area contributed by atoms with Crippen LogP contribution < -0.4 is 0 Å². The lowest BCUT2D eigenvalue weighted by Gasteiger charge is -2.47. The van der Waals surface area contributed by atoms with Gasteiger partial charge in [0, 0.05) is 18.1 Å². The monoisotopic (exact) mass is 473 g/mol. The molecule has 34 heavy (non-hydrogen) atoms. The molecule has 3 aliphatic carbocycles. The summed E-state index contributed by atoms with van der Waals surface area (Å²) in [7, 11) is 0. The van der Waals surface area contributed by atoms with Crippen molar-refractivity contribution in [3.8, 4) is 0 Å². The second kappa shape index (κ2) is 12.9. The summed E-state index contributed by atoms with van der Waals surface area (Å²) in [6.45, 7) is 0. The Labute approximate surface area is 202 Å². The van der Waals surface area contributed by atoms with Crippen molar-refractivity contribution >= 4 is 17.9 Å². The van der Waals surface area contributed by atoms with Crippen LogP contribution in [0.25, 0.3) is 0 Å². The lowest BCUT2D eigenvalue weighted by atomic mass is 9.84. The van der Waals surface area contributed by atoms with Crippen molar-refractivity contribution in [3.63, 3.8) is 0 Å². The highest BCUT2D eigenvalue weighted by atomic mass is 16.4. The second-order valence-electron chi connectivity index (χ2n) is 10.0. The Bertz CT molecular complexity index is 714. The maximum atomic E-state index is 10.6. The number of hydrogen-bond donors (Lipinski definition) is 3. The predicted octanol–water partition coefficient (Wildman–Crippen LogP) is 6.07. The molecule has 0 aromatic heterocycles. The molecule has 1 aromatic carbocycles. The van der Waals surface area contributed by atoms with Crippen LogP contribution in [-0.4, -0.2) is 56.3 Å². The number of benzene rings is 1. The Morgan fingerprint density at radius 1 is 0.500 bits per heavy atom. The van der Waals surface area contributed by atoms with Gasteiger partial charge in [0.05, 0.1) is 16.7 Å². The van der Waals surface area contributed by atoms with Gasteiger partial charge in [-0.2, -0.15) is 0 Å². The Morgan fingerprint density at radius 2 is 0.735 bits per heavy atom. The Balaban J connectivity index is 0.000000197. The molecule has 0 saturated heterocycles. The van der Waals surface area contributed by atoms with Crippen molar-refractivity contribution in [1.82, 2.24) is 4.90 Å². The van der Waals surface area contributed by atoms with E-state index < -0.39 is 17.9 Å². The lowest BCUT2D eigenvalue weighted by molar-refractivity contribution is 0.0221. The van der Waals surface area contributed by atoms with Crippen LogP contribution in [0.2, 0.25) is 0 Å². The minimum Gasteiger partial charge on any atom is -0.478 e. The number of carboxylic acid groups (broad SMARTS) is 3. The summed E-state index contributed by atoms with van der Waals surface area (Å²) in [5.74, 6) is -4.12. The van der Waals surface area contributed by atoms with E-state index in [0.717, 1.165) is 36.3 Å². The predicted molar refractivity (Wildman–Crippen MR) is 130 cm³/mol. The summed E-state index contributed by atoms with van der Waals surface area (Å²) in [4.78, 5) is 34.8. The fourth-order valence-electron chi connectivity index (χ4n) is 6.03. The van der Waals surface area contributed by atoms with Crippen LogP contribution >= 0.6 is 0 Å². The van der Waals surface area contributed by atoms with Gasteiger partial charge < -0.3 is 15.3 Å². The maximum absolute atomic E-state index is 10.6. The number of carboxylic acids is 3. The Hall–Kier alpha value is -2.41. The van der Waals surface area contributed by atoms with Crippen LogP contribution in [-0.2, 0) is 0 Å². The smallest absolute Gasteiger partial charge is 0.335 e. The molecule has 0 aliphatic heterocycles. The standard InChI is InChI=1S/C18H33N.C9H6O6/c1-4-10-16(11-5-1)19(17-12-6-2-7-13-17)18-14-8-3-9-15-18;10-7(11)4-1-5(8(12)13)3-6(2-4)9(14)15/h16-18H,1-15H2;1-3H,(H,10,11)(H,12,13)(H,14,15). The Morgan fingerprint density at radius 3 is 0.941 bits per heavy atom. The van der Waals surface area contributed by atoms with Gasteiger partial charge in [-0.3, -0.25) is 4.90 Å². The zero-order valence-corrected chi connectivity index (χ0v) is 20.1. The van der Waals surface area contributed by atoms with Crippen LogP contribution in [0, 0.1) is 0 Å². The molecule has 188 valence electrons. The molecule has 3 fully saturated rings. The van der Waals surface area contributed by atoms with Crippen molar-refractivity contribution in [2.75, 3.05) is 0 Å². The summed E-state index contributed by atoms with van der Waals surface area (Å²) in [6, 6.07) is 5.57. The van der Waals surface area contributed by atoms with Gasteiger partial charge in [-0.25, -0.2) is 14.4 Å². The molecule has 7 heteroatoms. The van der Waals surface area contributed by atoms with Gasteiger partial charge in [-0.1, -0.05) is 57.8 Å². The highest BCUT2D eigenvalue weighted by Crippen LogP contribution is 2.35. The van der Waals surface area contributed by atoms with Crippen LogP contribution in [0.3, 0.4) is 0 Å².